The standard InChI is InChI=1S/C25H28N2O2/c1-24(2)15-22(28)25(23(29)16-24)14-18-8-6-7-11-20(18)27-13-12-26(17-21(25)27)19-9-4-3-5-10-19/h3-11,21H,12-17H2,1-2H3/t21-/m0/s1. The van der Waals surface area contributed by atoms with Crippen LogP contribution >= 0.6 is 0 Å². The van der Waals surface area contributed by atoms with Crippen molar-refractivity contribution in [3.8, 4) is 0 Å². The number of fused-ring (bicyclic) bond motifs is 4. The van der Waals surface area contributed by atoms with Crippen molar-refractivity contribution in [2.24, 2.45) is 10.8 Å². The van der Waals surface area contributed by atoms with E-state index in [0.717, 1.165) is 24.3 Å². The van der Waals surface area contributed by atoms with Crippen LogP contribution in [0.25, 0.3) is 0 Å². The largest absolute Gasteiger partial charge is 0.368 e. The van der Waals surface area contributed by atoms with Gasteiger partial charge in [0.2, 0.25) is 0 Å². The predicted molar refractivity (Wildman–Crippen MR) is 115 cm³/mol. The molecule has 4 nitrogen and oxygen atoms in total. The number of Topliss-reactive ketones (excluding diaryl/α,β-unsaturated/α-hetero) is 2. The number of hydrogen-bond acceptors (Lipinski definition) is 4. The minimum Gasteiger partial charge on any atom is -0.368 e. The molecule has 2 aromatic carbocycles. The van der Waals surface area contributed by atoms with E-state index in [0.29, 0.717) is 25.8 Å². The molecule has 0 amide bonds. The van der Waals surface area contributed by atoms with Gasteiger partial charge in [-0.2, -0.15) is 0 Å². The summed E-state index contributed by atoms with van der Waals surface area (Å²) in [4.78, 5) is 32.0. The van der Waals surface area contributed by atoms with Crippen LogP contribution in [0, 0.1) is 10.8 Å². The van der Waals surface area contributed by atoms with Crippen LogP contribution in [0.5, 0.6) is 0 Å². The molecule has 2 aromatic rings. The van der Waals surface area contributed by atoms with Gasteiger partial charge in [0, 0.05) is 43.9 Å². The number of carbonyl (C=O) groups excluding carboxylic acids is 2. The Labute approximate surface area is 172 Å². The maximum atomic E-state index is 13.6. The molecule has 4 heteroatoms. The molecule has 150 valence electrons. The minimum absolute atomic E-state index is 0.109. The van der Waals surface area contributed by atoms with Gasteiger partial charge in [0.05, 0.1) is 6.04 Å². The fourth-order valence-corrected chi connectivity index (χ4v) is 5.70. The molecule has 1 saturated carbocycles. The molecule has 29 heavy (non-hydrogen) atoms. The number of carbonyl (C=O) groups is 2. The van der Waals surface area contributed by atoms with Crippen molar-refractivity contribution in [2.75, 3.05) is 29.4 Å². The first-order valence-electron chi connectivity index (χ1n) is 10.6. The van der Waals surface area contributed by atoms with E-state index in [2.05, 4.69) is 40.1 Å². The highest BCUT2D eigenvalue weighted by atomic mass is 16.2. The Morgan fingerprint density at radius 2 is 1.48 bits per heavy atom. The fourth-order valence-electron chi connectivity index (χ4n) is 5.70. The molecular formula is C25H28N2O2. The smallest absolute Gasteiger partial charge is 0.149 e. The number of ketones is 2. The molecule has 0 aromatic heterocycles. The molecule has 2 heterocycles. The van der Waals surface area contributed by atoms with Crippen molar-refractivity contribution < 1.29 is 9.59 Å². The quantitative estimate of drug-likeness (QED) is 0.695. The van der Waals surface area contributed by atoms with Crippen molar-refractivity contribution in [1.29, 1.82) is 0 Å². The van der Waals surface area contributed by atoms with Crippen molar-refractivity contribution in [1.82, 2.24) is 0 Å². The molecule has 0 bridgehead atoms. The first-order valence-corrected chi connectivity index (χ1v) is 10.6. The molecule has 1 spiro atoms. The first-order chi connectivity index (χ1) is 13.9. The summed E-state index contributed by atoms with van der Waals surface area (Å²) in [6, 6.07) is 18.6. The Morgan fingerprint density at radius 3 is 2.21 bits per heavy atom. The number of benzene rings is 2. The summed E-state index contributed by atoms with van der Waals surface area (Å²) in [5, 5.41) is 0. The Balaban J connectivity index is 1.61. The Morgan fingerprint density at radius 1 is 0.828 bits per heavy atom. The summed E-state index contributed by atoms with van der Waals surface area (Å²) in [5.74, 6) is 0.274. The van der Waals surface area contributed by atoms with Crippen molar-refractivity contribution in [3.63, 3.8) is 0 Å². The van der Waals surface area contributed by atoms with Gasteiger partial charge in [-0.25, -0.2) is 0 Å². The van der Waals surface area contributed by atoms with E-state index in [4.69, 9.17) is 0 Å². The molecule has 5 rings (SSSR count). The third-order valence-corrected chi connectivity index (χ3v) is 7.11. The molecular weight excluding hydrogens is 360 g/mol. The van der Waals surface area contributed by atoms with E-state index in [-0.39, 0.29) is 23.0 Å². The Kier molecular flexibility index (Phi) is 4.09. The fraction of sp³-hybridized carbons (Fsp3) is 0.440. The van der Waals surface area contributed by atoms with E-state index >= 15 is 0 Å². The second-order valence-electron chi connectivity index (χ2n) is 9.63. The third-order valence-electron chi connectivity index (χ3n) is 7.11. The van der Waals surface area contributed by atoms with Gasteiger partial charge in [0.25, 0.3) is 0 Å². The van der Waals surface area contributed by atoms with Gasteiger partial charge >= 0.3 is 0 Å². The van der Waals surface area contributed by atoms with Crippen molar-refractivity contribution in [2.45, 2.75) is 39.2 Å². The van der Waals surface area contributed by atoms with Gasteiger partial charge in [-0.3, -0.25) is 9.59 Å². The number of rotatable bonds is 1. The average molecular weight is 389 g/mol. The highest BCUT2D eigenvalue weighted by molar-refractivity contribution is 6.11. The summed E-state index contributed by atoms with van der Waals surface area (Å²) in [5.41, 5.74) is 2.34. The zero-order valence-electron chi connectivity index (χ0n) is 17.2. The number of para-hydroxylation sites is 2. The number of hydrogen-bond donors (Lipinski definition) is 0. The molecule has 1 atom stereocenters. The molecule has 0 unspecified atom stereocenters. The normalized spacial score (nSPS) is 25.0. The van der Waals surface area contributed by atoms with E-state index in [9.17, 15) is 9.59 Å². The second kappa shape index (κ2) is 6.45. The highest BCUT2D eigenvalue weighted by Crippen LogP contribution is 2.50. The first kappa shape index (κ1) is 18.4. The lowest BCUT2D eigenvalue weighted by Crippen LogP contribution is -2.69. The number of anilines is 2. The van der Waals surface area contributed by atoms with E-state index in [1.807, 2.05) is 38.1 Å². The number of piperazine rings is 1. The lowest BCUT2D eigenvalue weighted by atomic mass is 9.56. The van der Waals surface area contributed by atoms with Gasteiger partial charge in [0.15, 0.2) is 0 Å². The van der Waals surface area contributed by atoms with E-state index in [1.54, 1.807) is 0 Å². The molecule has 1 saturated heterocycles. The van der Waals surface area contributed by atoms with Crippen LogP contribution in [-0.2, 0) is 16.0 Å². The van der Waals surface area contributed by atoms with Gasteiger partial charge in [0.1, 0.15) is 17.0 Å². The summed E-state index contributed by atoms with van der Waals surface area (Å²) in [6.45, 7) is 6.50. The van der Waals surface area contributed by atoms with Crippen molar-refractivity contribution in [3.05, 3.63) is 60.2 Å². The van der Waals surface area contributed by atoms with Gasteiger partial charge < -0.3 is 9.80 Å². The monoisotopic (exact) mass is 388 g/mol. The van der Waals surface area contributed by atoms with Crippen LogP contribution in [0.4, 0.5) is 11.4 Å². The van der Waals surface area contributed by atoms with Crippen LogP contribution < -0.4 is 9.80 Å². The predicted octanol–water partition coefficient (Wildman–Crippen LogP) is 3.88. The highest BCUT2D eigenvalue weighted by Gasteiger charge is 2.60. The molecule has 0 radical (unpaired) electrons. The van der Waals surface area contributed by atoms with Crippen LogP contribution in [-0.4, -0.2) is 37.2 Å². The van der Waals surface area contributed by atoms with Gasteiger partial charge in [-0.15, -0.1) is 0 Å². The maximum absolute atomic E-state index is 13.6. The summed E-state index contributed by atoms with van der Waals surface area (Å²) in [7, 11) is 0. The van der Waals surface area contributed by atoms with Crippen molar-refractivity contribution >= 4 is 22.9 Å². The zero-order valence-corrected chi connectivity index (χ0v) is 17.2. The average Bonchev–Trinajstić information content (AvgIpc) is 2.71. The molecule has 2 fully saturated rings. The van der Waals surface area contributed by atoms with Gasteiger partial charge in [-0.1, -0.05) is 50.2 Å². The maximum Gasteiger partial charge on any atom is 0.149 e. The zero-order chi connectivity index (χ0) is 20.2. The number of nitrogens with zero attached hydrogens (tertiary/aromatic N) is 2. The Hall–Kier alpha value is -2.62. The topological polar surface area (TPSA) is 40.6 Å². The molecule has 3 aliphatic rings. The summed E-state index contributed by atoms with van der Waals surface area (Å²) in [6.07, 6.45) is 1.51. The van der Waals surface area contributed by atoms with Gasteiger partial charge in [-0.05, 0) is 35.6 Å². The molecule has 1 aliphatic carbocycles. The summed E-state index contributed by atoms with van der Waals surface area (Å²) < 4.78 is 0. The van der Waals surface area contributed by atoms with E-state index in [1.165, 1.54) is 5.69 Å². The lowest BCUT2D eigenvalue weighted by molar-refractivity contribution is -0.150. The Bertz CT molecular complexity index is 946. The second-order valence-corrected chi connectivity index (χ2v) is 9.63. The third kappa shape index (κ3) is 2.80. The van der Waals surface area contributed by atoms with Crippen LogP contribution in [0.2, 0.25) is 0 Å². The lowest BCUT2D eigenvalue weighted by Gasteiger charge is -2.56. The molecule has 2 aliphatic heterocycles. The van der Waals surface area contributed by atoms with E-state index < -0.39 is 5.41 Å². The van der Waals surface area contributed by atoms with Crippen LogP contribution in [0.1, 0.15) is 32.3 Å². The van der Waals surface area contributed by atoms with Crippen LogP contribution in [0.3, 0.4) is 0 Å². The minimum atomic E-state index is -0.919. The SMILES string of the molecule is CC1(C)CC(=O)C2(Cc3ccccc3N3CCN(c4ccccc4)C[C@H]32)C(=O)C1. The van der Waals surface area contributed by atoms with Crippen LogP contribution in [0.15, 0.2) is 54.6 Å². The summed E-state index contributed by atoms with van der Waals surface area (Å²) >= 11 is 0. The molecule has 0 N–H and O–H groups in total.